The molecule has 0 radical (unpaired) electrons. The Labute approximate surface area is 171 Å². The molecule has 2 heterocycles. The molecule has 30 heavy (non-hydrogen) atoms. The van der Waals surface area contributed by atoms with E-state index in [1.165, 1.54) is 28.8 Å². The van der Waals surface area contributed by atoms with Gasteiger partial charge in [0.25, 0.3) is 11.9 Å². The first-order chi connectivity index (χ1) is 14.4. The van der Waals surface area contributed by atoms with Gasteiger partial charge in [0.15, 0.2) is 22.6 Å². The Morgan fingerprint density at radius 3 is 2.03 bits per heavy atom. The van der Waals surface area contributed by atoms with Gasteiger partial charge >= 0.3 is 0 Å². The second kappa shape index (κ2) is 8.23. The maximum absolute atomic E-state index is 14.1. The average Bonchev–Trinajstić information content (AvgIpc) is 3.13. The number of halogens is 5. The van der Waals surface area contributed by atoms with Crippen molar-refractivity contribution in [1.29, 1.82) is 0 Å². The third kappa shape index (κ3) is 3.90. The fraction of sp³-hybridized carbons (Fsp3) is 0.0500. The molecule has 4 nitrogen and oxygen atoms in total. The van der Waals surface area contributed by atoms with E-state index in [0.29, 0.717) is 17.3 Å². The minimum atomic E-state index is -1.76. The molecule has 0 amide bonds. The Bertz CT molecular complexity index is 1170. The largest absolute Gasteiger partial charge is 0.297 e. The lowest BCUT2D eigenvalue weighted by Gasteiger charge is -2.11. The highest BCUT2D eigenvalue weighted by Gasteiger charge is 2.25. The first kappa shape index (κ1) is 20.0. The van der Waals surface area contributed by atoms with E-state index in [1.807, 2.05) is 18.2 Å². The maximum Gasteiger partial charge on any atom is 0.252 e. The normalized spacial score (nSPS) is 11.1. The number of nitrogens with zero attached hydrogens (tertiary/aromatic N) is 4. The summed E-state index contributed by atoms with van der Waals surface area (Å²) in [5.41, 5.74) is 1.32. The van der Waals surface area contributed by atoms with Gasteiger partial charge in [-0.15, -0.1) is 10.2 Å². The number of rotatable bonds is 5. The number of benzene rings is 2. The standard InChI is InChI=1S/C20H11F5N4S/c21-13-8-6-12(7-9-13)19-27-28-20(29(19)10-11-4-2-1-3-5-11)30-16-14(22)17(24)26-18(25)15(16)23/h1-9H,10H2. The fourth-order valence-electron chi connectivity index (χ4n) is 2.73. The minimum absolute atomic E-state index is 0.0130. The number of aromatic nitrogens is 4. The molecule has 4 aromatic rings. The van der Waals surface area contributed by atoms with Crippen molar-refractivity contribution in [1.82, 2.24) is 19.7 Å². The van der Waals surface area contributed by atoms with Crippen molar-refractivity contribution in [3.05, 3.63) is 89.5 Å². The summed E-state index contributed by atoms with van der Waals surface area (Å²) in [6.07, 6.45) is 0. The van der Waals surface area contributed by atoms with Crippen LogP contribution in [0, 0.1) is 29.3 Å². The molecule has 0 unspecified atom stereocenters. The predicted octanol–water partition coefficient (Wildman–Crippen LogP) is 5.24. The second-order valence-corrected chi connectivity index (χ2v) is 7.11. The smallest absolute Gasteiger partial charge is 0.252 e. The molecule has 0 spiro atoms. The van der Waals surface area contributed by atoms with E-state index >= 15 is 0 Å². The van der Waals surface area contributed by atoms with Crippen molar-refractivity contribution >= 4 is 11.8 Å². The van der Waals surface area contributed by atoms with Crippen molar-refractivity contribution in [3.8, 4) is 11.4 Å². The first-order valence-corrected chi connectivity index (χ1v) is 9.36. The molecule has 0 saturated carbocycles. The summed E-state index contributed by atoms with van der Waals surface area (Å²) < 4.78 is 70.0. The molecule has 10 heteroatoms. The molecule has 152 valence electrons. The summed E-state index contributed by atoms with van der Waals surface area (Å²) in [6, 6.07) is 14.5. The molecule has 0 fully saturated rings. The van der Waals surface area contributed by atoms with Crippen LogP contribution in [0.2, 0.25) is 0 Å². The molecule has 0 aliphatic heterocycles. The van der Waals surface area contributed by atoms with Crippen molar-refractivity contribution < 1.29 is 22.0 Å². The Morgan fingerprint density at radius 1 is 0.767 bits per heavy atom. The lowest BCUT2D eigenvalue weighted by atomic mass is 10.2. The Balaban J connectivity index is 1.81. The van der Waals surface area contributed by atoms with Gasteiger partial charge in [-0.2, -0.15) is 13.8 Å². The Kier molecular flexibility index (Phi) is 5.49. The lowest BCUT2D eigenvalue weighted by molar-refractivity contribution is 0.383. The highest BCUT2D eigenvalue weighted by molar-refractivity contribution is 7.99. The molecule has 4 rings (SSSR count). The quantitative estimate of drug-likeness (QED) is 0.319. The third-order valence-electron chi connectivity index (χ3n) is 4.15. The van der Waals surface area contributed by atoms with E-state index in [2.05, 4.69) is 15.2 Å². The summed E-state index contributed by atoms with van der Waals surface area (Å²) in [5, 5.41) is 7.95. The first-order valence-electron chi connectivity index (χ1n) is 8.55. The summed E-state index contributed by atoms with van der Waals surface area (Å²) in [5.74, 6) is -6.94. The number of pyridine rings is 1. The predicted molar refractivity (Wildman–Crippen MR) is 99.2 cm³/mol. The Hall–Kier alpha value is -3.27. The zero-order valence-electron chi connectivity index (χ0n) is 15.0. The van der Waals surface area contributed by atoms with Crippen LogP contribution in [0.3, 0.4) is 0 Å². The molecule has 0 atom stereocenters. The molecule has 2 aromatic heterocycles. The van der Waals surface area contributed by atoms with Crippen LogP contribution >= 0.6 is 11.8 Å². The Morgan fingerprint density at radius 2 is 1.40 bits per heavy atom. The van der Waals surface area contributed by atoms with Gasteiger partial charge in [0, 0.05) is 5.56 Å². The summed E-state index contributed by atoms with van der Waals surface area (Å²) in [4.78, 5) is 1.63. The lowest BCUT2D eigenvalue weighted by Crippen LogP contribution is -2.06. The highest BCUT2D eigenvalue weighted by atomic mass is 32.2. The molecule has 0 aliphatic carbocycles. The maximum atomic E-state index is 14.1. The van der Waals surface area contributed by atoms with Crippen LogP contribution in [-0.2, 0) is 6.54 Å². The summed E-state index contributed by atoms with van der Waals surface area (Å²) >= 11 is 0.379. The van der Waals surface area contributed by atoms with Crippen LogP contribution in [0.15, 0.2) is 64.6 Å². The zero-order valence-corrected chi connectivity index (χ0v) is 15.8. The van der Waals surface area contributed by atoms with Gasteiger partial charge in [-0.3, -0.25) is 4.57 Å². The van der Waals surface area contributed by atoms with Gasteiger partial charge in [0.2, 0.25) is 0 Å². The van der Waals surface area contributed by atoms with E-state index in [-0.39, 0.29) is 17.5 Å². The van der Waals surface area contributed by atoms with Crippen molar-refractivity contribution in [3.63, 3.8) is 0 Å². The van der Waals surface area contributed by atoms with Crippen molar-refractivity contribution in [2.45, 2.75) is 16.6 Å². The van der Waals surface area contributed by atoms with Crippen LogP contribution in [0.25, 0.3) is 11.4 Å². The van der Waals surface area contributed by atoms with Gasteiger partial charge in [0.1, 0.15) is 5.82 Å². The topological polar surface area (TPSA) is 43.6 Å². The SMILES string of the molecule is Fc1ccc(-c2nnc(Sc3c(F)c(F)nc(F)c3F)n2Cc2ccccc2)cc1. The molecule has 0 bridgehead atoms. The molecule has 2 aromatic carbocycles. The zero-order chi connectivity index (χ0) is 21.3. The molecular weight excluding hydrogens is 423 g/mol. The van der Waals surface area contributed by atoms with Crippen molar-refractivity contribution in [2.75, 3.05) is 0 Å². The van der Waals surface area contributed by atoms with Gasteiger partial charge in [0.05, 0.1) is 11.4 Å². The molecule has 0 aliphatic rings. The van der Waals surface area contributed by atoms with E-state index < -0.39 is 34.2 Å². The van der Waals surface area contributed by atoms with E-state index in [4.69, 9.17) is 0 Å². The summed E-state index contributed by atoms with van der Waals surface area (Å²) in [6.45, 7) is 0.197. The van der Waals surface area contributed by atoms with Gasteiger partial charge in [-0.1, -0.05) is 30.3 Å². The second-order valence-electron chi connectivity index (χ2n) is 6.14. The van der Waals surface area contributed by atoms with Crippen LogP contribution in [0.4, 0.5) is 22.0 Å². The fourth-order valence-corrected chi connectivity index (χ4v) is 3.61. The van der Waals surface area contributed by atoms with E-state index in [0.717, 1.165) is 5.56 Å². The van der Waals surface area contributed by atoms with E-state index in [9.17, 15) is 22.0 Å². The molecule has 0 saturated heterocycles. The third-order valence-corrected chi connectivity index (χ3v) is 5.20. The van der Waals surface area contributed by atoms with Crippen molar-refractivity contribution in [2.24, 2.45) is 0 Å². The average molecular weight is 434 g/mol. The summed E-state index contributed by atoms with van der Waals surface area (Å²) in [7, 11) is 0. The number of hydrogen-bond donors (Lipinski definition) is 0. The van der Waals surface area contributed by atoms with Gasteiger partial charge in [-0.05, 0) is 41.6 Å². The van der Waals surface area contributed by atoms with Gasteiger partial charge in [-0.25, -0.2) is 13.2 Å². The molecule has 0 N–H and O–H groups in total. The number of hydrogen-bond acceptors (Lipinski definition) is 4. The highest BCUT2D eigenvalue weighted by Crippen LogP contribution is 2.34. The molecular formula is C20H11F5N4S. The monoisotopic (exact) mass is 434 g/mol. The van der Waals surface area contributed by atoms with Crippen LogP contribution in [0.5, 0.6) is 0 Å². The van der Waals surface area contributed by atoms with Crippen LogP contribution in [0.1, 0.15) is 5.56 Å². The van der Waals surface area contributed by atoms with Gasteiger partial charge < -0.3 is 0 Å². The minimum Gasteiger partial charge on any atom is -0.297 e. The van der Waals surface area contributed by atoms with Crippen LogP contribution < -0.4 is 0 Å². The van der Waals surface area contributed by atoms with Crippen LogP contribution in [-0.4, -0.2) is 19.7 Å². The van der Waals surface area contributed by atoms with E-state index in [1.54, 1.807) is 12.1 Å².